The summed E-state index contributed by atoms with van der Waals surface area (Å²) in [6, 6.07) is 18.3. The second-order valence-corrected chi connectivity index (χ2v) is 4.35. The van der Waals surface area contributed by atoms with Crippen LogP contribution in [0, 0.1) is 5.92 Å². The second-order valence-electron chi connectivity index (χ2n) is 4.35. The zero-order valence-electron chi connectivity index (χ0n) is 11.9. The van der Waals surface area contributed by atoms with Crippen LogP contribution in [0.1, 0.15) is 13.8 Å². The molecule has 2 aromatic rings. The third-order valence-corrected chi connectivity index (χ3v) is 2.24. The monoisotopic (exact) mass is 290 g/mol. The number of benzene rings is 2. The molecule has 0 aliphatic rings. The van der Waals surface area contributed by atoms with Crippen molar-refractivity contribution in [1.29, 1.82) is 0 Å². The van der Waals surface area contributed by atoms with E-state index in [1.165, 1.54) is 0 Å². The maximum atomic E-state index is 9.70. The Morgan fingerprint density at radius 1 is 0.857 bits per heavy atom. The molecule has 0 heterocycles. The molecule has 0 aromatic heterocycles. The molecule has 5 nitrogen and oxygen atoms in total. The van der Waals surface area contributed by atoms with Gasteiger partial charge in [-0.05, 0) is 24.3 Å². The summed E-state index contributed by atoms with van der Waals surface area (Å²) in [5.74, 6) is 0.210. The van der Waals surface area contributed by atoms with Gasteiger partial charge in [-0.3, -0.25) is 14.6 Å². The average Bonchev–Trinajstić information content (AvgIpc) is 2.50. The van der Waals surface area contributed by atoms with Crippen LogP contribution in [0.25, 0.3) is 0 Å². The molecule has 112 valence electrons. The highest BCUT2D eigenvalue weighted by Gasteiger charge is 1.99. The zero-order chi connectivity index (χ0) is 15.5. The van der Waals surface area contributed by atoms with Crippen molar-refractivity contribution in [2.45, 2.75) is 13.8 Å². The molecule has 5 heteroatoms. The first-order chi connectivity index (χ1) is 10.1. The molecule has 0 spiro atoms. The fourth-order valence-corrected chi connectivity index (χ4v) is 1.05. The quantitative estimate of drug-likeness (QED) is 0.671. The topological polar surface area (TPSA) is 65.0 Å². The summed E-state index contributed by atoms with van der Waals surface area (Å²) in [6.45, 7) is 3.28. The Bertz CT molecular complexity index is 471. The van der Waals surface area contributed by atoms with Crippen molar-refractivity contribution in [3.63, 3.8) is 0 Å². The number of hydrogen-bond donors (Lipinski definition) is 1. The number of rotatable bonds is 5. The van der Waals surface area contributed by atoms with Crippen LogP contribution >= 0.6 is 0 Å². The number of para-hydroxylation sites is 2. The molecule has 0 atom stereocenters. The SMILES string of the molecule is CC(C)C(=O)O.c1ccc(OOOc2ccccc2)cc1. The Kier molecular flexibility index (Phi) is 7.39. The lowest BCUT2D eigenvalue weighted by Gasteiger charge is -2.03. The summed E-state index contributed by atoms with van der Waals surface area (Å²) in [5.41, 5.74) is 0. The Morgan fingerprint density at radius 3 is 1.48 bits per heavy atom. The van der Waals surface area contributed by atoms with Crippen LogP contribution in [0.4, 0.5) is 0 Å². The third kappa shape index (κ3) is 7.59. The number of carbonyl (C=O) groups is 1. The summed E-state index contributed by atoms with van der Waals surface area (Å²) in [7, 11) is 0. The van der Waals surface area contributed by atoms with Gasteiger partial charge in [0.05, 0.1) is 5.92 Å². The molecule has 0 fully saturated rings. The molecule has 2 rings (SSSR count). The van der Waals surface area contributed by atoms with Gasteiger partial charge in [-0.1, -0.05) is 50.2 Å². The lowest BCUT2D eigenvalue weighted by atomic mass is 10.2. The molecule has 0 radical (unpaired) electrons. The highest BCUT2D eigenvalue weighted by molar-refractivity contribution is 5.68. The van der Waals surface area contributed by atoms with Gasteiger partial charge in [0.2, 0.25) is 0 Å². The predicted molar refractivity (Wildman–Crippen MR) is 77.7 cm³/mol. The van der Waals surface area contributed by atoms with Gasteiger partial charge in [0.1, 0.15) is 0 Å². The molecule has 1 N–H and O–H groups in total. The molecule has 2 aromatic carbocycles. The molecule has 0 aliphatic carbocycles. The molecular weight excluding hydrogens is 272 g/mol. The fourth-order valence-electron chi connectivity index (χ4n) is 1.05. The van der Waals surface area contributed by atoms with Crippen LogP contribution in [0.15, 0.2) is 60.7 Å². The molecule has 0 saturated carbocycles. The molecule has 0 bridgehead atoms. The van der Waals surface area contributed by atoms with Crippen LogP contribution in [-0.2, 0) is 9.83 Å². The summed E-state index contributed by atoms with van der Waals surface area (Å²) < 4.78 is 0. The van der Waals surface area contributed by atoms with Gasteiger partial charge in [-0.25, -0.2) is 0 Å². The van der Waals surface area contributed by atoms with Gasteiger partial charge >= 0.3 is 5.97 Å². The Hall–Kier alpha value is -2.53. The van der Waals surface area contributed by atoms with Crippen LogP contribution in [0.3, 0.4) is 0 Å². The van der Waals surface area contributed by atoms with Crippen molar-refractivity contribution in [1.82, 2.24) is 0 Å². The maximum Gasteiger partial charge on any atom is 0.305 e. The summed E-state index contributed by atoms with van der Waals surface area (Å²) in [5, 5.41) is 12.6. The predicted octanol–water partition coefficient (Wildman–Crippen LogP) is 3.72. The van der Waals surface area contributed by atoms with Crippen LogP contribution in [0.5, 0.6) is 11.5 Å². The van der Waals surface area contributed by atoms with Gasteiger partial charge in [-0.2, -0.15) is 0 Å². The van der Waals surface area contributed by atoms with E-state index >= 15 is 0 Å². The number of hydrogen-bond acceptors (Lipinski definition) is 4. The Morgan fingerprint density at radius 2 is 1.19 bits per heavy atom. The van der Waals surface area contributed by atoms with E-state index in [9.17, 15) is 4.79 Å². The van der Waals surface area contributed by atoms with E-state index in [0.29, 0.717) is 11.5 Å². The van der Waals surface area contributed by atoms with Gasteiger partial charge in [-0.15, -0.1) is 0 Å². The smallest absolute Gasteiger partial charge is 0.305 e. The van der Waals surface area contributed by atoms with Crippen molar-refractivity contribution in [2.75, 3.05) is 0 Å². The van der Waals surface area contributed by atoms with Crippen LogP contribution in [0.2, 0.25) is 0 Å². The third-order valence-electron chi connectivity index (χ3n) is 2.24. The Balaban J connectivity index is 0.000000315. The summed E-state index contributed by atoms with van der Waals surface area (Å²) >= 11 is 0. The maximum absolute atomic E-state index is 9.70. The first-order valence-electron chi connectivity index (χ1n) is 6.43. The van der Waals surface area contributed by atoms with E-state index in [-0.39, 0.29) is 5.92 Å². The fraction of sp³-hybridized carbons (Fsp3) is 0.188. The largest absolute Gasteiger partial charge is 0.481 e. The van der Waals surface area contributed by atoms with E-state index in [1.807, 2.05) is 36.4 Å². The average molecular weight is 290 g/mol. The molecule has 0 unspecified atom stereocenters. The number of carboxylic acids is 1. The van der Waals surface area contributed by atoms with E-state index < -0.39 is 5.97 Å². The van der Waals surface area contributed by atoms with E-state index in [1.54, 1.807) is 38.1 Å². The minimum atomic E-state index is -0.741. The van der Waals surface area contributed by atoms with E-state index in [2.05, 4.69) is 5.04 Å². The summed E-state index contributed by atoms with van der Waals surface area (Å²) in [6.07, 6.45) is 0. The van der Waals surface area contributed by atoms with Crippen molar-refractivity contribution < 1.29 is 24.7 Å². The normalized spacial score (nSPS) is 9.48. The number of carboxylic acid groups (broad SMARTS) is 1. The molecular formula is C16H18O5. The van der Waals surface area contributed by atoms with E-state index in [0.717, 1.165) is 0 Å². The molecule has 21 heavy (non-hydrogen) atoms. The number of aliphatic carboxylic acids is 1. The molecule has 0 aliphatic heterocycles. The standard InChI is InChI=1S/C12H10O3.C4H8O2/c1-3-7-11(8-4-1)13-15-14-12-9-5-2-6-10-12;1-3(2)4(5)6/h1-10H;3H,1-2H3,(H,5,6). The van der Waals surface area contributed by atoms with E-state index in [4.69, 9.17) is 14.9 Å². The lowest BCUT2D eigenvalue weighted by molar-refractivity contribution is -0.411. The first-order valence-corrected chi connectivity index (χ1v) is 6.43. The Labute approximate surface area is 123 Å². The van der Waals surface area contributed by atoms with Crippen molar-refractivity contribution in [3.8, 4) is 11.5 Å². The minimum absolute atomic E-state index is 0.231. The minimum Gasteiger partial charge on any atom is -0.481 e. The highest BCUT2D eigenvalue weighted by Crippen LogP contribution is 2.12. The van der Waals surface area contributed by atoms with Crippen molar-refractivity contribution >= 4 is 5.97 Å². The first kappa shape index (κ1) is 16.5. The van der Waals surface area contributed by atoms with Gasteiger partial charge in [0, 0.05) is 5.04 Å². The van der Waals surface area contributed by atoms with Crippen molar-refractivity contribution in [2.24, 2.45) is 5.92 Å². The molecule has 0 amide bonds. The van der Waals surface area contributed by atoms with Crippen molar-refractivity contribution in [3.05, 3.63) is 60.7 Å². The van der Waals surface area contributed by atoms with Crippen LogP contribution in [-0.4, -0.2) is 11.1 Å². The summed E-state index contributed by atoms with van der Waals surface area (Å²) in [4.78, 5) is 19.5. The highest BCUT2D eigenvalue weighted by atomic mass is 17.5. The van der Waals surface area contributed by atoms with Gasteiger partial charge in [0.25, 0.3) is 0 Å². The van der Waals surface area contributed by atoms with Gasteiger partial charge < -0.3 is 5.11 Å². The molecule has 0 saturated heterocycles. The lowest BCUT2D eigenvalue weighted by Crippen LogP contribution is -2.03. The van der Waals surface area contributed by atoms with Crippen LogP contribution < -0.4 is 9.78 Å². The zero-order valence-corrected chi connectivity index (χ0v) is 11.9. The second kappa shape index (κ2) is 9.39. The van der Waals surface area contributed by atoms with Gasteiger partial charge in [0.15, 0.2) is 11.5 Å².